The molecule has 1 aromatic carbocycles. The van der Waals surface area contributed by atoms with Gasteiger partial charge < -0.3 is 24.1 Å². The predicted molar refractivity (Wildman–Crippen MR) is 70.8 cm³/mol. The number of fused-ring (bicyclic) bond motifs is 1. The third-order valence-electron chi connectivity index (χ3n) is 3.54. The van der Waals surface area contributed by atoms with Crippen LogP contribution in [0.1, 0.15) is 19.4 Å². The Kier molecular flexibility index (Phi) is 3.79. The molecule has 2 heterocycles. The van der Waals surface area contributed by atoms with Gasteiger partial charge in [0.05, 0.1) is 13.2 Å². The zero-order valence-electron chi connectivity index (χ0n) is 11.7. The highest BCUT2D eigenvalue weighted by atomic mass is 16.8. The van der Waals surface area contributed by atoms with Gasteiger partial charge in [-0.05, 0) is 19.4 Å². The van der Waals surface area contributed by atoms with Crippen molar-refractivity contribution in [2.45, 2.75) is 50.8 Å². The predicted octanol–water partition coefficient (Wildman–Crippen LogP) is 1.44. The number of aliphatic hydroxyl groups is 1. The first-order valence-corrected chi connectivity index (χ1v) is 6.86. The Bertz CT molecular complexity index is 447. The Morgan fingerprint density at radius 3 is 2.75 bits per heavy atom. The van der Waals surface area contributed by atoms with Crippen LogP contribution in [0.2, 0.25) is 0 Å². The summed E-state index contributed by atoms with van der Waals surface area (Å²) in [7, 11) is 0. The van der Waals surface area contributed by atoms with E-state index in [9.17, 15) is 5.11 Å². The van der Waals surface area contributed by atoms with Crippen molar-refractivity contribution in [1.82, 2.24) is 0 Å². The second kappa shape index (κ2) is 5.42. The maximum absolute atomic E-state index is 10.3. The molecule has 2 aliphatic rings. The van der Waals surface area contributed by atoms with E-state index in [0.717, 1.165) is 5.56 Å². The largest absolute Gasteiger partial charge is 0.387 e. The van der Waals surface area contributed by atoms with Crippen LogP contribution in [0.3, 0.4) is 0 Å². The molecule has 0 radical (unpaired) electrons. The van der Waals surface area contributed by atoms with Crippen LogP contribution in [0.25, 0.3) is 0 Å². The van der Waals surface area contributed by atoms with E-state index in [1.165, 1.54) is 0 Å². The minimum atomic E-state index is -0.751. The number of ether oxygens (including phenoxy) is 4. The van der Waals surface area contributed by atoms with E-state index in [1.807, 2.05) is 30.3 Å². The van der Waals surface area contributed by atoms with E-state index in [2.05, 4.69) is 0 Å². The van der Waals surface area contributed by atoms with E-state index < -0.39 is 30.4 Å². The second-order valence-electron chi connectivity index (χ2n) is 5.63. The van der Waals surface area contributed by atoms with Crippen molar-refractivity contribution in [1.29, 1.82) is 0 Å². The molecule has 1 N–H and O–H groups in total. The first-order valence-electron chi connectivity index (χ1n) is 6.86. The molecule has 5 nitrogen and oxygen atoms in total. The average molecular weight is 280 g/mol. The Balaban J connectivity index is 1.59. The van der Waals surface area contributed by atoms with Crippen LogP contribution < -0.4 is 0 Å². The molecular formula is C15H20O5. The van der Waals surface area contributed by atoms with Crippen molar-refractivity contribution in [2.24, 2.45) is 0 Å². The summed E-state index contributed by atoms with van der Waals surface area (Å²) in [6.45, 7) is 4.35. The van der Waals surface area contributed by atoms with E-state index >= 15 is 0 Å². The van der Waals surface area contributed by atoms with Crippen molar-refractivity contribution in [3.63, 3.8) is 0 Å². The summed E-state index contributed by atoms with van der Waals surface area (Å²) in [4.78, 5) is 0. The third-order valence-corrected chi connectivity index (χ3v) is 3.54. The lowest BCUT2D eigenvalue weighted by Crippen LogP contribution is -2.52. The van der Waals surface area contributed by atoms with Gasteiger partial charge in [-0.15, -0.1) is 0 Å². The lowest BCUT2D eigenvalue weighted by atomic mass is 10.1. The Hall–Kier alpha value is -0.980. The fraction of sp³-hybridized carbons (Fsp3) is 0.600. The maximum Gasteiger partial charge on any atom is 0.189 e. The van der Waals surface area contributed by atoms with E-state index in [0.29, 0.717) is 13.2 Å². The van der Waals surface area contributed by atoms with Crippen LogP contribution >= 0.6 is 0 Å². The quantitative estimate of drug-likeness (QED) is 0.908. The highest BCUT2D eigenvalue weighted by molar-refractivity contribution is 5.13. The summed E-state index contributed by atoms with van der Waals surface area (Å²) in [6.07, 6.45) is -2.18. The van der Waals surface area contributed by atoms with Crippen LogP contribution in [0, 0.1) is 0 Å². The topological polar surface area (TPSA) is 57.2 Å². The molecule has 110 valence electrons. The Labute approximate surface area is 118 Å². The van der Waals surface area contributed by atoms with Gasteiger partial charge in [0.15, 0.2) is 12.1 Å². The van der Waals surface area contributed by atoms with Gasteiger partial charge in [-0.1, -0.05) is 30.3 Å². The molecule has 4 atom stereocenters. The van der Waals surface area contributed by atoms with Gasteiger partial charge in [-0.25, -0.2) is 0 Å². The number of aliphatic hydroxyl groups excluding tert-OH is 1. The molecule has 0 unspecified atom stereocenters. The van der Waals surface area contributed by atoms with E-state index in [1.54, 1.807) is 13.8 Å². The molecule has 0 saturated carbocycles. The van der Waals surface area contributed by atoms with Gasteiger partial charge in [0.1, 0.15) is 18.3 Å². The zero-order valence-corrected chi connectivity index (χ0v) is 11.7. The van der Waals surface area contributed by atoms with Gasteiger partial charge in [0, 0.05) is 0 Å². The summed E-state index contributed by atoms with van der Waals surface area (Å²) in [5.41, 5.74) is 1.06. The summed E-state index contributed by atoms with van der Waals surface area (Å²) in [5.74, 6) is -0.732. The monoisotopic (exact) mass is 280 g/mol. The van der Waals surface area contributed by atoms with Gasteiger partial charge in [0.2, 0.25) is 0 Å². The third kappa shape index (κ3) is 2.87. The van der Waals surface area contributed by atoms with Crippen LogP contribution in [0.5, 0.6) is 0 Å². The molecule has 2 saturated heterocycles. The summed E-state index contributed by atoms with van der Waals surface area (Å²) in [6, 6.07) is 9.84. The minimum Gasteiger partial charge on any atom is -0.387 e. The first kappa shape index (κ1) is 14.0. The van der Waals surface area contributed by atoms with Gasteiger partial charge in [-0.2, -0.15) is 0 Å². The fourth-order valence-corrected chi connectivity index (χ4v) is 2.54. The maximum atomic E-state index is 10.3. The highest BCUT2D eigenvalue weighted by Gasteiger charge is 2.51. The van der Waals surface area contributed by atoms with Crippen LogP contribution in [-0.2, 0) is 25.6 Å². The normalized spacial score (nSPS) is 35.8. The van der Waals surface area contributed by atoms with Crippen LogP contribution in [0.4, 0.5) is 0 Å². The minimum absolute atomic E-state index is 0.300. The molecule has 2 aliphatic heterocycles. The van der Waals surface area contributed by atoms with Gasteiger partial charge >= 0.3 is 0 Å². The van der Waals surface area contributed by atoms with Crippen molar-refractivity contribution in [3.8, 4) is 0 Å². The number of hydrogen-bond donors (Lipinski definition) is 1. The number of hydrogen-bond acceptors (Lipinski definition) is 5. The Morgan fingerprint density at radius 1 is 1.25 bits per heavy atom. The van der Waals surface area contributed by atoms with Crippen molar-refractivity contribution < 1.29 is 24.1 Å². The molecule has 0 spiro atoms. The number of benzene rings is 1. The van der Waals surface area contributed by atoms with Crippen molar-refractivity contribution in [2.75, 3.05) is 6.61 Å². The average Bonchev–Trinajstić information content (AvgIpc) is 2.75. The van der Waals surface area contributed by atoms with Crippen molar-refractivity contribution >= 4 is 0 Å². The van der Waals surface area contributed by atoms with Crippen LogP contribution in [-0.4, -0.2) is 42.1 Å². The molecule has 0 aliphatic carbocycles. The molecule has 1 aromatic rings. The molecule has 2 fully saturated rings. The van der Waals surface area contributed by atoms with Crippen LogP contribution in [0.15, 0.2) is 30.3 Å². The SMILES string of the molecule is CC1(C)O[C@H]2OC[C@@H](OCc3ccccc3)[C@H](O)[C@@H]2O1. The van der Waals surface area contributed by atoms with Gasteiger partial charge in [-0.3, -0.25) is 0 Å². The molecule has 0 bridgehead atoms. The fourth-order valence-electron chi connectivity index (χ4n) is 2.54. The molecule has 0 amide bonds. The summed E-state index contributed by atoms with van der Waals surface area (Å²) >= 11 is 0. The smallest absolute Gasteiger partial charge is 0.189 e. The molecule has 3 rings (SSSR count). The first-order chi connectivity index (χ1) is 9.55. The second-order valence-corrected chi connectivity index (χ2v) is 5.63. The molecule has 5 heteroatoms. The summed E-state index contributed by atoms with van der Waals surface area (Å²) < 4.78 is 22.6. The zero-order chi connectivity index (χ0) is 14.2. The Morgan fingerprint density at radius 2 is 2.00 bits per heavy atom. The van der Waals surface area contributed by atoms with Gasteiger partial charge in [0.25, 0.3) is 0 Å². The lowest BCUT2D eigenvalue weighted by Gasteiger charge is -2.34. The summed E-state index contributed by atoms with van der Waals surface area (Å²) in [5, 5.41) is 10.3. The molecule has 20 heavy (non-hydrogen) atoms. The van der Waals surface area contributed by atoms with E-state index in [-0.39, 0.29) is 0 Å². The lowest BCUT2D eigenvalue weighted by molar-refractivity contribution is -0.227. The molecular weight excluding hydrogens is 260 g/mol. The molecule has 0 aromatic heterocycles. The highest BCUT2D eigenvalue weighted by Crippen LogP contribution is 2.34. The van der Waals surface area contributed by atoms with E-state index in [4.69, 9.17) is 18.9 Å². The van der Waals surface area contributed by atoms with Crippen molar-refractivity contribution in [3.05, 3.63) is 35.9 Å². The number of rotatable bonds is 3. The standard InChI is InChI=1S/C15H20O5/c1-15(2)19-13-12(16)11(9-18-14(13)20-15)17-8-10-6-4-3-5-7-10/h3-7,11-14,16H,8-9H2,1-2H3/t11-,12+,13+,14-/m1/s1.